The molecule has 2 aromatic rings. The number of rotatable bonds is 6. The van der Waals surface area contributed by atoms with Crippen molar-refractivity contribution in [2.75, 3.05) is 33.3 Å². The van der Waals surface area contributed by atoms with Gasteiger partial charge >= 0.3 is 12.6 Å². The number of benzene rings is 1. The maximum absolute atomic E-state index is 13.1. The molecule has 2 aliphatic rings. The molecular weight excluding hydrogens is 426 g/mol. The molecule has 1 aromatic carbocycles. The summed E-state index contributed by atoms with van der Waals surface area (Å²) in [4.78, 5) is 20.9. The van der Waals surface area contributed by atoms with Gasteiger partial charge in [0.15, 0.2) is 5.82 Å². The van der Waals surface area contributed by atoms with E-state index in [1.54, 1.807) is 29.0 Å². The number of carbonyl (C=O) groups is 1. The van der Waals surface area contributed by atoms with Gasteiger partial charge in [0.1, 0.15) is 12.4 Å². The number of likely N-dealkylation sites (tertiary alicyclic amines) is 2. The molecule has 0 bridgehead atoms. The molecule has 0 radical (unpaired) electrons. The fraction of sp³-hybridized carbons (Fsp3) is 0.571. The molecule has 3 heterocycles. The summed E-state index contributed by atoms with van der Waals surface area (Å²) in [7, 11) is 1.54. The Kier molecular flexibility index (Phi) is 6.85. The number of alkyl halides is 2. The number of nitrogens with zero attached hydrogens (tertiary/aromatic N) is 4. The second-order valence-corrected chi connectivity index (χ2v) is 8.14. The summed E-state index contributed by atoms with van der Waals surface area (Å²) < 4.78 is 39.9. The first-order valence-corrected chi connectivity index (χ1v) is 10.5. The Morgan fingerprint density at radius 2 is 1.97 bits per heavy atom. The molecule has 4 rings (SSSR count). The summed E-state index contributed by atoms with van der Waals surface area (Å²) in [5, 5.41) is 13.8. The van der Waals surface area contributed by atoms with Crippen molar-refractivity contribution in [2.24, 2.45) is 0 Å². The number of methoxy groups -OCH3 is 1. The summed E-state index contributed by atoms with van der Waals surface area (Å²) >= 11 is 0. The van der Waals surface area contributed by atoms with Gasteiger partial charge in [-0.3, -0.25) is 0 Å². The van der Waals surface area contributed by atoms with Gasteiger partial charge in [-0.25, -0.2) is 4.79 Å². The lowest BCUT2D eigenvalue weighted by Crippen LogP contribution is -2.48. The van der Waals surface area contributed by atoms with E-state index >= 15 is 0 Å². The minimum atomic E-state index is -2.89. The molecule has 0 aliphatic carbocycles. The van der Waals surface area contributed by atoms with Crippen LogP contribution in [0.15, 0.2) is 28.8 Å². The minimum absolute atomic E-state index is 0.0661. The van der Waals surface area contributed by atoms with E-state index in [2.05, 4.69) is 14.9 Å². The average Bonchev–Trinajstić information content (AvgIpc) is 3.42. The third-order valence-electron chi connectivity index (χ3n) is 5.84. The van der Waals surface area contributed by atoms with E-state index in [1.807, 2.05) is 0 Å². The molecule has 0 saturated carbocycles. The van der Waals surface area contributed by atoms with Gasteiger partial charge in [0.25, 0.3) is 0 Å². The normalized spacial score (nSPS) is 23.7. The minimum Gasteiger partial charge on any atom is -0.435 e. The molecule has 32 heavy (non-hydrogen) atoms. The number of piperidine rings is 1. The van der Waals surface area contributed by atoms with Crippen LogP contribution in [0.5, 0.6) is 5.75 Å². The van der Waals surface area contributed by atoms with Gasteiger partial charge in [-0.15, -0.1) is 0 Å². The second kappa shape index (κ2) is 9.78. The summed E-state index contributed by atoms with van der Waals surface area (Å²) in [5.74, 6) is 0.678. The summed E-state index contributed by atoms with van der Waals surface area (Å²) in [6.07, 6.45) is 0.697. The zero-order chi connectivity index (χ0) is 22.7. The van der Waals surface area contributed by atoms with Crippen LogP contribution in [0.2, 0.25) is 0 Å². The van der Waals surface area contributed by atoms with Gasteiger partial charge in [0.2, 0.25) is 5.89 Å². The van der Waals surface area contributed by atoms with Crippen molar-refractivity contribution in [1.29, 1.82) is 0 Å². The zero-order valence-corrected chi connectivity index (χ0v) is 17.7. The molecular formula is C21H26F2N4O5. The molecule has 0 spiro atoms. The molecule has 2 fully saturated rings. The predicted molar refractivity (Wildman–Crippen MR) is 107 cm³/mol. The van der Waals surface area contributed by atoms with Crippen LogP contribution in [0, 0.1) is 0 Å². The number of carbonyl (C=O) groups excluding carboxylic acids is 1. The Bertz CT molecular complexity index is 910. The standard InChI is InChI=1S/C21H26F2N4O5/c1-30-12-18-24-19(32-25-18)15-8-14(13-2-4-17(5-3-13)31-20(22)23)9-27(10-15)21(29)26-7-6-16(28)11-26/h2-5,14-16,20,28H,6-12H2,1H3. The number of β-amino-alcohol motifs (C(OH)–C–C–N with tert-alkyl or cyclic N) is 1. The monoisotopic (exact) mass is 452 g/mol. The Morgan fingerprint density at radius 3 is 2.62 bits per heavy atom. The third kappa shape index (κ3) is 5.16. The fourth-order valence-corrected chi connectivity index (χ4v) is 4.33. The summed E-state index contributed by atoms with van der Waals surface area (Å²) in [5.41, 5.74) is 0.896. The Labute approximate surface area is 183 Å². The molecule has 1 aromatic heterocycles. The maximum Gasteiger partial charge on any atom is 0.387 e. The van der Waals surface area contributed by atoms with Crippen molar-refractivity contribution in [2.45, 2.75) is 44.0 Å². The van der Waals surface area contributed by atoms with Crippen molar-refractivity contribution >= 4 is 6.03 Å². The van der Waals surface area contributed by atoms with Crippen LogP contribution in [-0.2, 0) is 11.3 Å². The van der Waals surface area contributed by atoms with Gasteiger partial charge in [-0.1, -0.05) is 17.3 Å². The number of urea groups is 1. The number of aliphatic hydroxyl groups is 1. The first kappa shape index (κ1) is 22.4. The Hall–Kier alpha value is -2.79. The topological polar surface area (TPSA) is 101 Å². The van der Waals surface area contributed by atoms with E-state index in [-0.39, 0.29) is 30.2 Å². The van der Waals surface area contributed by atoms with Crippen LogP contribution in [-0.4, -0.2) is 77.1 Å². The molecule has 9 nitrogen and oxygen atoms in total. The van der Waals surface area contributed by atoms with Gasteiger partial charge in [-0.05, 0) is 30.5 Å². The Morgan fingerprint density at radius 1 is 1.22 bits per heavy atom. The second-order valence-electron chi connectivity index (χ2n) is 8.14. The van der Waals surface area contributed by atoms with Crippen molar-refractivity contribution in [3.63, 3.8) is 0 Å². The number of halogens is 2. The predicted octanol–water partition coefficient (Wildman–Crippen LogP) is 2.58. The van der Waals surface area contributed by atoms with Gasteiger partial charge in [-0.2, -0.15) is 13.8 Å². The van der Waals surface area contributed by atoms with Crippen LogP contribution in [0.3, 0.4) is 0 Å². The van der Waals surface area contributed by atoms with Gasteiger partial charge in [0, 0.05) is 39.2 Å². The third-order valence-corrected chi connectivity index (χ3v) is 5.84. The lowest BCUT2D eigenvalue weighted by Gasteiger charge is -2.38. The van der Waals surface area contributed by atoms with Gasteiger partial charge in [0.05, 0.1) is 12.0 Å². The average molecular weight is 452 g/mol. The highest BCUT2D eigenvalue weighted by Gasteiger charge is 2.37. The van der Waals surface area contributed by atoms with E-state index in [9.17, 15) is 18.7 Å². The molecule has 2 saturated heterocycles. The molecule has 2 amide bonds. The van der Waals surface area contributed by atoms with Crippen LogP contribution >= 0.6 is 0 Å². The van der Waals surface area contributed by atoms with Crippen molar-refractivity contribution in [1.82, 2.24) is 19.9 Å². The molecule has 3 unspecified atom stereocenters. The zero-order valence-electron chi connectivity index (χ0n) is 17.7. The van der Waals surface area contributed by atoms with Crippen molar-refractivity contribution < 1.29 is 32.7 Å². The summed E-state index contributed by atoms with van der Waals surface area (Å²) in [6.45, 7) is -0.992. The van der Waals surface area contributed by atoms with E-state index in [0.29, 0.717) is 50.7 Å². The number of hydrogen-bond donors (Lipinski definition) is 1. The highest BCUT2D eigenvalue weighted by atomic mass is 19.3. The quantitative estimate of drug-likeness (QED) is 0.719. The highest BCUT2D eigenvalue weighted by molar-refractivity contribution is 5.75. The number of hydrogen-bond acceptors (Lipinski definition) is 7. The molecule has 1 N–H and O–H groups in total. The number of amides is 2. The first-order valence-electron chi connectivity index (χ1n) is 10.5. The van der Waals surface area contributed by atoms with Crippen LogP contribution in [0.4, 0.5) is 13.6 Å². The van der Waals surface area contributed by atoms with E-state index < -0.39 is 12.7 Å². The molecule has 3 atom stereocenters. The largest absolute Gasteiger partial charge is 0.435 e. The first-order chi connectivity index (χ1) is 15.4. The highest BCUT2D eigenvalue weighted by Crippen LogP contribution is 2.36. The molecule has 2 aliphatic heterocycles. The van der Waals surface area contributed by atoms with Crippen LogP contribution in [0.1, 0.15) is 42.0 Å². The smallest absolute Gasteiger partial charge is 0.387 e. The van der Waals surface area contributed by atoms with E-state index in [1.165, 1.54) is 12.1 Å². The SMILES string of the molecule is COCc1noc(C2CC(c3ccc(OC(F)F)cc3)CN(C(=O)N3CCC(O)C3)C2)n1. The van der Waals surface area contributed by atoms with Crippen molar-refractivity contribution in [3.05, 3.63) is 41.5 Å². The molecule has 11 heteroatoms. The number of aliphatic hydroxyl groups excluding tert-OH is 1. The van der Waals surface area contributed by atoms with Crippen molar-refractivity contribution in [3.8, 4) is 5.75 Å². The molecule has 174 valence electrons. The Balaban J connectivity index is 1.55. The van der Waals surface area contributed by atoms with Gasteiger partial charge < -0.3 is 28.9 Å². The van der Waals surface area contributed by atoms with Crippen LogP contribution in [0.25, 0.3) is 0 Å². The summed E-state index contributed by atoms with van der Waals surface area (Å²) in [6, 6.07) is 6.31. The van der Waals surface area contributed by atoms with E-state index in [4.69, 9.17) is 9.26 Å². The van der Waals surface area contributed by atoms with Crippen LogP contribution < -0.4 is 4.74 Å². The fourth-order valence-electron chi connectivity index (χ4n) is 4.33. The maximum atomic E-state index is 13.1. The number of ether oxygens (including phenoxy) is 2. The van der Waals surface area contributed by atoms with E-state index in [0.717, 1.165) is 5.56 Å². The lowest BCUT2D eigenvalue weighted by molar-refractivity contribution is -0.0498. The number of aromatic nitrogens is 2. The lowest BCUT2D eigenvalue weighted by atomic mass is 9.84.